The lowest BCUT2D eigenvalue weighted by Crippen LogP contribution is -2.33. The maximum Gasteiger partial charge on any atom is 0.220 e. The number of hydrogen-bond acceptors (Lipinski definition) is 3. The van der Waals surface area contributed by atoms with E-state index in [0.717, 1.165) is 24.2 Å². The number of carbonyl (C=O) groups is 1. The predicted octanol–water partition coefficient (Wildman–Crippen LogP) is 1.98. The van der Waals surface area contributed by atoms with Crippen molar-refractivity contribution in [1.29, 1.82) is 0 Å². The number of rotatable bonds is 7. The number of aryl methyl sites for hydroxylation is 2. The normalized spacial score (nSPS) is 12.6. The average Bonchev–Trinajstić information content (AvgIpc) is 3.07. The van der Waals surface area contributed by atoms with Crippen LogP contribution in [0.25, 0.3) is 0 Å². The van der Waals surface area contributed by atoms with Gasteiger partial charge in [-0.15, -0.1) is 0 Å². The van der Waals surface area contributed by atoms with Crippen molar-refractivity contribution in [2.45, 2.75) is 39.2 Å². The minimum Gasteiger partial charge on any atom is -0.346 e. The van der Waals surface area contributed by atoms with Gasteiger partial charge in [0.2, 0.25) is 5.91 Å². The third kappa shape index (κ3) is 4.18. The standard InChI is InChI=1S/C15H23N5O/c1-11(2)14(15-16-7-8-20(15)3)19-13(21)6-4-5-12-9-17-18-10-12/h7-11,14H,4-6H2,1-3H3,(H,17,18)(H,19,21)/t14-/m1/s1. The van der Waals surface area contributed by atoms with Crippen molar-refractivity contribution >= 4 is 5.91 Å². The van der Waals surface area contributed by atoms with E-state index in [1.54, 1.807) is 12.4 Å². The van der Waals surface area contributed by atoms with Gasteiger partial charge < -0.3 is 9.88 Å². The highest BCUT2D eigenvalue weighted by atomic mass is 16.1. The zero-order valence-electron chi connectivity index (χ0n) is 12.8. The quantitative estimate of drug-likeness (QED) is 0.818. The van der Waals surface area contributed by atoms with E-state index in [4.69, 9.17) is 0 Å². The molecule has 0 bridgehead atoms. The summed E-state index contributed by atoms with van der Waals surface area (Å²) in [7, 11) is 1.95. The molecule has 1 amide bonds. The van der Waals surface area contributed by atoms with Gasteiger partial charge in [-0.3, -0.25) is 9.89 Å². The zero-order valence-corrected chi connectivity index (χ0v) is 12.8. The number of hydrogen-bond donors (Lipinski definition) is 2. The number of imidazole rings is 1. The van der Waals surface area contributed by atoms with E-state index in [2.05, 4.69) is 34.3 Å². The summed E-state index contributed by atoms with van der Waals surface area (Å²) in [4.78, 5) is 16.5. The van der Waals surface area contributed by atoms with Gasteiger partial charge in [-0.2, -0.15) is 5.10 Å². The first-order valence-corrected chi connectivity index (χ1v) is 7.32. The molecule has 0 fully saturated rings. The molecule has 0 aliphatic rings. The SMILES string of the molecule is CC(C)[C@@H](NC(=O)CCCc1cn[nH]c1)c1nccn1C. The molecular formula is C15H23N5O. The minimum atomic E-state index is -0.0496. The van der Waals surface area contributed by atoms with E-state index >= 15 is 0 Å². The highest BCUT2D eigenvalue weighted by Crippen LogP contribution is 2.19. The number of carbonyl (C=O) groups excluding carboxylic acids is 1. The molecule has 2 aromatic heterocycles. The summed E-state index contributed by atoms with van der Waals surface area (Å²) in [6.45, 7) is 4.18. The Morgan fingerprint density at radius 3 is 2.86 bits per heavy atom. The van der Waals surface area contributed by atoms with Gasteiger partial charge in [0.05, 0.1) is 12.2 Å². The molecule has 2 heterocycles. The molecule has 2 N–H and O–H groups in total. The van der Waals surface area contributed by atoms with Crippen LogP contribution in [0.3, 0.4) is 0 Å². The Morgan fingerprint density at radius 2 is 2.29 bits per heavy atom. The molecule has 0 aliphatic heterocycles. The van der Waals surface area contributed by atoms with Crippen LogP contribution in [0.15, 0.2) is 24.8 Å². The number of aromatic nitrogens is 4. The lowest BCUT2D eigenvalue weighted by molar-refractivity contribution is -0.122. The van der Waals surface area contributed by atoms with Gasteiger partial charge in [0.25, 0.3) is 0 Å². The van der Waals surface area contributed by atoms with Crippen LogP contribution < -0.4 is 5.32 Å². The summed E-state index contributed by atoms with van der Waals surface area (Å²) >= 11 is 0. The van der Waals surface area contributed by atoms with E-state index in [1.165, 1.54) is 0 Å². The first-order chi connectivity index (χ1) is 10.1. The van der Waals surface area contributed by atoms with Crippen molar-refractivity contribution < 1.29 is 4.79 Å². The monoisotopic (exact) mass is 289 g/mol. The molecule has 6 heteroatoms. The molecule has 0 radical (unpaired) electrons. The van der Waals surface area contributed by atoms with Crippen molar-refractivity contribution in [3.8, 4) is 0 Å². The van der Waals surface area contributed by atoms with Gasteiger partial charge >= 0.3 is 0 Å². The maximum atomic E-state index is 12.1. The summed E-state index contributed by atoms with van der Waals surface area (Å²) in [5, 5.41) is 9.77. The zero-order chi connectivity index (χ0) is 15.2. The molecule has 0 aromatic carbocycles. The Kier molecular flexibility index (Phi) is 5.14. The van der Waals surface area contributed by atoms with Crippen LogP contribution in [0.2, 0.25) is 0 Å². The van der Waals surface area contributed by atoms with Gasteiger partial charge in [-0.1, -0.05) is 13.8 Å². The van der Waals surface area contributed by atoms with Gasteiger partial charge in [0.15, 0.2) is 0 Å². The van der Waals surface area contributed by atoms with Crippen molar-refractivity contribution in [1.82, 2.24) is 25.1 Å². The summed E-state index contributed by atoms with van der Waals surface area (Å²) in [6, 6.07) is -0.0496. The molecule has 0 saturated carbocycles. The van der Waals surface area contributed by atoms with Gasteiger partial charge in [-0.25, -0.2) is 4.98 Å². The second-order valence-electron chi connectivity index (χ2n) is 5.65. The fraction of sp³-hybridized carbons (Fsp3) is 0.533. The predicted molar refractivity (Wildman–Crippen MR) is 80.5 cm³/mol. The number of nitrogens with zero attached hydrogens (tertiary/aromatic N) is 3. The van der Waals surface area contributed by atoms with Gasteiger partial charge in [0, 0.05) is 32.1 Å². The van der Waals surface area contributed by atoms with Crippen LogP contribution in [0, 0.1) is 5.92 Å². The Hall–Kier alpha value is -2.11. The molecule has 21 heavy (non-hydrogen) atoms. The smallest absolute Gasteiger partial charge is 0.220 e. The Morgan fingerprint density at radius 1 is 1.48 bits per heavy atom. The van der Waals surface area contributed by atoms with Crippen molar-refractivity contribution in [3.63, 3.8) is 0 Å². The lowest BCUT2D eigenvalue weighted by Gasteiger charge is -2.22. The molecule has 0 spiro atoms. The molecule has 0 unspecified atom stereocenters. The molecular weight excluding hydrogens is 266 g/mol. The van der Waals surface area contributed by atoms with Crippen LogP contribution >= 0.6 is 0 Å². The Labute approximate surface area is 125 Å². The van der Waals surface area contributed by atoms with Crippen LogP contribution in [0.5, 0.6) is 0 Å². The Balaban J connectivity index is 1.85. The van der Waals surface area contributed by atoms with Crippen LogP contribution in [0.1, 0.15) is 44.1 Å². The van der Waals surface area contributed by atoms with E-state index in [9.17, 15) is 4.79 Å². The number of nitrogens with one attached hydrogen (secondary N) is 2. The summed E-state index contributed by atoms with van der Waals surface area (Å²) in [5.41, 5.74) is 1.13. The first-order valence-electron chi connectivity index (χ1n) is 7.32. The van der Waals surface area contributed by atoms with E-state index < -0.39 is 0 Å². The molecule has 6 nitrogen and oxygen atoms in total. The average molecular weight is 289 g/mol. The van der Waals surface area contributed by atoms with Crippen molar-refractivity contribution in [2.24, 2.45) is 13.0 Å². The fourth-order valence-electron chi connectivity index (χ4n) is 2.32. The van der Waals surface area contributed by atoms with Gasteiger partial charge in [0.1, 0.15) is 5.82 Å². The highest BCUT2D eigenvalue weighted by Gasteiger charge is 2.21. The number of aromatic amines is 1. The minimum absolute atomic E-state index is 0.0496. The lowest BCUT2D eigenvalue weighted by atomic mass is 10.0. The third-order valence-electron chi connectivity index (χ3n) is 3.54. The molecule has 114 valence electrons. The molecule has 0 aliphatic carbocycles. The largest absolute Gasteiger partial charge is 0.346 e. The summed E-state index contributed by atoms with van der Waals surface area (Å²) < 4.78 is 1.95. The second kappa shape index (κ2) is 7.06. The van der Waals surface area contributed by atoms with E-state index in [-0.39, 0.29) is 11.9 Å². The van der Waals surface area contributed by atoms with Crippen molar-refractivity contribution in [3.05, 3.63) is 36.2 Å². The number of amides is 1. The topological polar surface area (TPSA) is 75.6 Å². The second-order valence-corrected chi connectivity index (χ2v) is 5.65. The van der Waals surface area contributed by atoms with E-state index in [1.807, 2.05) is 24.0 Å². The third-order valence-corrected chi connectivity index (χ3v) is 3.54. The molecule has 2 rings (SSSR count). The van der Waals surface area contributed by atoms with E-state index in [0.29, 0.717) is 12.3 Å². The van der Waals surface area contributed by atoms with Crippen molar-refractivity contribution in [2.75, 3.05) is 0 Å². The summed E-state index contributed by atoms with van der Waals surface area (Å²) in [5.74, 6) is 1.26. The maximum absolute atomic E-state index is 12.1. The summed E-state index contributed by atoms with van der Waals surface area (Å²) in [6.07, 6.45) is 9.51. The Bertz CT molecular complexity index is 558. The first kappa shape index (κ1) is 15.3. The molecule has 0 saturated heterocycles. The van der Waals surface area contributed by atoms with Crippen LogP contribution in [-0.2, 0) is 18.3 Å². The van der Waals surface area contributed by atoms with Crippen LogP contribution in [-0.4, -0.2) is 25.7 Å². The highest BCUT2D eigenvalue weighted by molar-refractivity contribution is 5.76. The molecule has 1 atom stereocenters. The van der Waals surface area contributed by atoms with Gasteiger partial charge in [-0.05, 0) is 24.3 Å². The number of H-pyrrole nitrogens is 1. The van der Waals surface area contributed by atoms with Crippen LogP contribution in [0.4, 0.5) is 0 Å². The fourth-order valence-corrected chi connectivity index (χ4v) is 2.32. The molecule has 2 aromatic rings.